The molecule has 0 radical (unpaired) electrons. The number of anilines is 1. The van der Waals surface area contributed by atoms with Gasteiger partial charge in [0.05, 0.1) is 18.8 Å². The van der Waals surface area contributed by atoms with Crippen LogP contribution in [0.25, 0.3) is 0 Å². The molecular formula is C16H22N6O2. The number of hydrogen-bond acceptors (Lipinski definition) is 8. The Bertz CT molecular complexity index is 660. The molecule has 8 nitrogen and oxygen atoms in total. The molecule has 0 bridgehead atoms. The summed E-state index contributed by atoms with van der Waals surface area (Å²) in [5.41, 5.74) is 0. The SMILES string of the molecule is C[C@@H](c1nc(C2CC2)no1)N1CCO[C@H](CNc2cccnn2)C1. The van der Waals surface area contributed by atoms with Crippen molar-refractivity contribution in [1.29, 1.82) is 0 Å². The Labute approximate surface area is 140 Å². The summed E-state index contributed by atoms with van der Waals surface area (Å²) < 4.78 is 11.3. The number of ether oxygens (including phenoxy) is 1. The van der Waals surface area contributed by atoms with Crippen LogP contribution < -0.4 is 5.32 Å². The zero-order chi connectivity index (χ0) is 16.4. The maximum absolute atomic E-state index is 5.85. The van der Waals surface area contributed by atoms with E-state index in [2.05, 4.69) is 37.5 Å². The lowest BCUT2D eigenvalue weighted by atomic mass is 10.2. The summed E-state index contributed by atoms with van der Waals surface area (Å²) >= 11 is 0. The summed E-state index contributed by atoms with van der Waals surface area (Å²) in [6.45, 7) is 5.18. The number of nitrogens with zero attached hydrogens (tertiary/aromatic N) is 5. The van der Waals surface area contributed by atoms with Gasteiger partial charge >= 0.3 is 0 Å². The highest BCUT2D eigenvalue weighted by Crippen LogP contribution is 2.38. The minimum Gasteiger partial charge on any atom is -0.374 e. The molecule has 1 aliphatic heterocycles. The quantitative estimate of drug-likeness (QED) is 0.854. The first kappa shape index (κ1) is 15.5. The van der Waals surface area contributed by atoms with Crippen LogP contribution in [0.2, 0.25) is 0 Å². The fourth-order valence-corrected chi connectivity index (χ4v) is 2.91. The van der Waals surface area contributed by atoms with Crippen molar-refractivity contribution in [3.05, 3.63) is 30.0 Å². The lowest BCUT2D eigenvalue weighted by Crippen LogP contribution is -2.46. The topological polar surface area (TPSA) is 89.2 Å². The van der Waals surface area contributed by atoms with Crippen molar-refractivity contribution < 1.29 is 9.26 Å². The van der Waals surface area contributed by atoms with E-state index >= 15 is 0 Å². The molecule has 3 heterocycles. The third-order valence-corrected chi connectivity index (χ3v) is 4.56. The molecule has 8 heteroatoms. The minimum atomic E-state index is 0.0917. The van der Waals surface area contributed by atoms with Crippen LogP contribution in [0.3, 0.4) is 0 Å². The van der Waals surface area contributed by atoms with E-state index in [1.165, 1.54) is 12.8 Å². The van der Waals surface area contributed by atoms with Crippen LogP contribution >= 0.6 is 0 Å². The first-order valence-corrected chi connectivity index (χ1v) is 8.50. The van der Waals surface area contributed by atoms with Gasteiger partial charge in [0.2, 0.25) is 5.89 Å². The Balaban J connectivity index is 1.33. The third-order valence-electron chi connectivity index (χ3n) is 4.56. The summed E-state index contributed by atoms with van der Waals surface area (Å²) in [5.74, 6) is 2.85. The molecule has 1 saturated carbocycles. The van der Waals surface area contributed by atoms with Gasteiger partial charge in [-0.05, 0) is 31.9 Å². The summed E-state index contributed by atoms with van der Waals surface area (Å²) in [6.07, 6.45) is 4.11. The molecule has 0 amide bonds. The predicted octanol–water partition coefficient (Wildman–Crippen LogP) is 1.61. The summed E-state index contributed by atoms with van der Waals surface area (Å²) in [6, 6.07) is 3.86. The van der Waals surface area contributed by atoms with E-state index in [4.69, 9.17) is 9.26 Å². The molecule has 1 aliphatic carbocycles. The fraction of sp³-hybridized carbons (Fsp3) is 0.625. The largest absolute Gasteiger partial charge is 0.374 e. The summed E-state index contributed by atoms with van der Waals surface area (Å²) in [7, 11) is 0. The van der Waals surface area contributed by atoms with E-state index in [9.17, 15) is 0 Å². The molecule has 2 aromatic heterocycles. The standard InChI is InChI=1S/C16H22N6O2/c1-11(16-19-15(21-24-16)12-4-5-12)22-7-8-23-13(10-22)9-17-14-3-2-6-18-20-14/h2-3,6,11-13H,4-5,7-10H2,1H3,(H,17,20)/t11-,13+/m0/s1. The molecule has 1 N–H and O–H groups in total. The van der Waals surface area contributed by atoms with Crippen LogP contribution in [0.1, 0.15) is 43.4 Å². The van der Waals surface area contributed by atoms with Crippen LogP contribution in [-0.2, 0) is 4.74 Å². The second-order valence-electron chi connectivity index (χ2n) is 6.42. The minimum absolute atomic E-state index is 0.0917. The Morgan fingerprint density at radius 1 is 1.42 bits per heavy atom. The molecule has 128 valence electrons. The molecule has 24 heavy (non-hydrogen) atoms. The van der Waals surface area contributed by atoms with E-state index in [1.807, 2.05) is 12.1 Å². The average molecular weight is 330 g/mol. The lowest BCUT2D eigenvalue weighted by Gasteiger charge is -2.35. The Kier molecular flexibility index (Phi) is 4.40. The molecule has 2 fully saturated rings. The van der Waals surface area contributed by atoms with Gasteiger partial charge in [-0.3, -0.25) is 4.90 Å². The molecule has 0 spiro atoms. The number of aromatic nitrogens is 4. The predicted molar refractivity (Wildman–Crippen MR) is 86.5 cm³/mol. The molecule has 2 atom stereocenters. The van der Waals surface area contributed by atoms with E-state index in [0.717, 1.165) is 24.7 Å². The zero-order valence-electron chi connectivity index (χ0n) is 13.8. The first-order valence-electron chi connectivity index (χ1n) is 8.50. The van der Waals surface area contributed by atoms with Crippen molar-refractivity contribution in [3.63, 3.8) is 0 Å². The molecule has 2 aromatic rings. The van der Waals surface area contributed by atoms with Crippen LogP contribution in [0, 0.1) is 0 Å². The lowest BCUT2D eigenvalue weighted by molar-refractivity contribution is -0.0386. The van der Waals surface area contributed by atoms with Crippen LogP contribution in [0.5, 0.6) is 0 Å². The van der Waals surface area contributed by atoms with Gasteiger partial charge in [-0.2, -0.15) is 10.1 Å². The normalized spacial score (nSPS) is 23.1. The van der Waals surface area contributed by atoms with Gasteiger partial charge in [0.1, 0.15) is 5.82 Å². The van der Waals surface area contributed by atoms with Crippen molar-refractivity contribution in [1.82, 2.24) is 25.2 Å². The highest BCUT2D eigenvalue weighted by atomic mass is 16.5. The number of morpholine rings is 1. The number of nitrogens with one attached hydrogen (secondary N) is 1. The van der Waals surface area contributed by atoms with Crippen molar-refractivity contribution >= 4 is 5.82 Å². The van der Waals surface area contributed by atoms with Crippen molar-refractivity contribution in [2.24, 2.45) is 0 Å². The van der Waals surface area contributed by atoms with Crippen LogP contribution in [0.4, 0.5) is 5.82 Å². The number of rotatable bonds is 6. The number of hydrogen-bond donors (Lipinski definition) is 1. The zero-order valence-corrected chi connectivity index (χ0v) is 13.8. The molecule has 4 rings (SSSR count). The van der Waals surface area contributed by atoms with Gasteiger partial charge in [-0.25, -0.2) is 0 Å². The van der Waals surface area contributed by atoms with E-state index < -0.39 is 0 Å². The Hall–Kier alpha value is -2.06. The van der Waals surface area contributed by atoms with Gasteiger partial charge in [-0.1, -0.05) is 5.16 Å². The van der Waals surface area contributed by atoms with Crippen molar-refractivity contribution in [3.8, 4) is 0 Å². The smallest absolute Gasteiger partial charge is 0.243 e. The van der Waals surface area contributed by atoms with E-state index in [-0.39, 0.29) is 12.1 Å². The summed E-state index contributed by atoms with van der Waals surface area (Å²) in [4.78, 5) is 6.90. The molecule has 1 saturated heterocycles. The second-order valence-corrected chi connectivity index (χ2v) is 6.42. The van der Waals surface area contributed by atoms with E-state index in [1.54, 1.807) is 6.20 Å². The fourth-order valence-electron chi connectivity index (χ4n) is 2.91. The third kappa shape index (κ3) is 3.54. The van der Waals surface area contributed by atoms with Gasteiger partial charge in [0.25, 0.3) is 0 Å². The summed E-state index contributed by atoms with van der Waals surface area (Å²) in [5, 5.41) is 15.3. The van der Waals surface area contributed by atoms with Crippen LogP contribution in [-0.4, -0.2) is 57.6 Å². The van der Waals surface area contributed by atoms with E-state index in [0.29, 0.717) is 25.0 Å². The monoisotopic (exact) mass is 330 g/mol. The highest BCUT2D eigenvalue weighted by molar-refractivity contribution is 5.31. The maximum Gasteiger partial charge on any atom is 0.243 e. The average Bonchev–Trinajstić information content (AvgIpc) is 3.37. The van der Waals surface area contributed by atoms with Gasteiger partial charge in [0.15, 0.2) is 5.82 Å². The second kappa shape index (κ2) is 6.82. The van der Waals surface area contributed by atoms with Crippen molar-refractivity contribution in [2.45, 2.75) is 37.8 Å². The Morgan fingerprint density at radius 2 is 2.33 bits per heavy atom. The molecule has 2 aliphatic rings. The molecule has 0 aromatic carbocycles. The molecule has 0 unspecified atom stereocenters. The maximum atomic E-state index is 5.85. The van der Waals surface area contributed by atoms with Gasteiger partial charge < -0.3 is 14.6 Å². The van der Waals surface area contributed by atoms with Gasteiger partial charge in [-0.15, -0.1) is 5.10 Å². The first-order chi connectivity index (χ1) is 11.8. The highest BCUT2D eigenvalue weighted by Gasteiger charge is 2.32. The van der Waals surface area contributed by atoms with Crippen molar-refractivity contribution in [2.75, 3.05) is 31.6 Å². The van der Waals surface area contributed by atoms with Gasteiger partial charge in [0, 0.05) is 31.7 Å². The van der Waals surface area contributed by atoms with Crippen LogP contribution in [0.15, 0.2) is 22.9 Å². The molecular weight excluding hydrogens is 308 g/mol. The Morgan fingerprint density at radius 3 is 3.12 bits per heavy atom.